The van der Waals surface area contributed by atoms with E-state index in [0.717, 1.165) is 25.0 Å². The van der Waals surface area contributed by atoms with Crippen LogP contribution in [0.5, 0.6) is 0 Å². The topological polar surface area (TPSA) is 64.4 Å². The van der Waals surface area contributed by atoms with Crippen LogP contribution in [0.15, 0.2) is 12.1 Å². The Morgan fingerprint density at radius 2 is 2.16 bits per heavy atom. The standard InChI is InChI=1S/C12H14ClFN2O3/c13-9-5-12(16(17)18)11(6-10(9)14)15-7-8-1-3-19-4-2-8/h5-6,8,15H,1-4,7H2. The third kappa shape index (κ3) is 3.54. The second-order valence-corrected chi connectivity index (χ2v) is 4.88. The second kappa shape index (κ2) is 6.16. The van der Waals surface area contributed by atoms with Gasteiger partial charge in [-0.15, -0.1) is 0 Å². The highest BCUT2D eigenvalue weighted by Gasteiger charge is 2.19. The molecule has 1 fully saturated rings. The van der Waals surface area contributed by atoms with E-state index in [4.69, 9.17) is 16.3 Å². The lowest BCUT2D eigenvalue weighted by atomic mass is 10.0. The van der Waals surface area contributed by atoms with E-state index in [9.17, 15) is 14.5 Å². The zero-order valence-corrected chi connectivity index (χ0v) is 11.0. The van der Waals surface area contributed by atoms with E-state index in [1.54, 1.807) is 0 Å². The maximum absolute atomic E-state index is 13.4. The first-order chi connectivity index (χ1) is 9.08. The number of ether oxygens (including phenoxy) is 1. The molecule has 0 spiro atoms. The summed E-state index contributed by atoms with van der Waals surface area (Å²) in [5, 5.41) is 13.6. The average Bonchev–Trinajstić information content (AvgIpc) is 2.40. The van der Waals surface area contributed by atoms with Crippen molar-refractivity contribution in [3.63, 3.8) is 0 Å². The van der Waals surface area contributed by atoms with Gasteiger partial charge in [-0.1, -0.05) is 11.6 Å². The molecule has 0 bridgehead atoms. The van der Waals surface area contributed by atoms with Crippen molar-refractivity contribution in [1.82, 2.24) is 0 Å². The first-order valence-electron chi connectivity index (χ1n) is 6.03. The molecule has 1 aliphatic rings. The van der Waals surface area contributed by atoms with Gasteiger partial charge in [0.2, 0.25) is 0 Å². The Morgan fingerprint density at radius 3 is 2.79 bits per heavy atom. The van der Waals surface area contributed by atoms with Crippen LogP contribution in [0.4, 0.5) is 15.8 Å². The summed E-state index contributed by atoms with van der Waals surface area (Å²) in [6.07, 6.45) is 1.80. The van der Waals surface area contributed by atoms with E-state index in [-0.39, 0.29) is 16.4 Å². The molecule has 0 aliphatic carbocycles. The molecule has 2 rings (SSSR count). The summed E-state index contributed by atoms with van der Waals surface area (Å²) in [6.45, 7) is 1.96. The van der Waals surface area contributed by atoms with Crippen molar-refractivity contribution in [2.24, 2.45) is 5.92 Å². The van der Waals surface area contributed by atoms with Crippen LogP contribution in [-0.2, 0) is 4.74 Å². The maximum atomic E-state index is 13.4. The number of hydrogen-bond acceptors (Lipinski definition) is 4. The highest BCUT2D eigenvalue weighted by molar-refractivity contribution is 6.31. The Labute approximate surface area is 114 Å². The van der Waals surface area contributed by atoms with Gasteiger partial charge in [-0.2, -0.15) is 0 Å². The van der Waals surface area contributed by atoms with Gasteiger partial charge in [-0.3, -0.25) is 10.1 Å². The first kappa shape index (κ1) is 14.0. The van der Waals surface area contributed by atoms with Crippen molar-refractivity contribution in [2.75, 3.05) is 25.1 Å². The zero-order chi connectivity index (χ0) is 13.8. The minimum Gasteiger partial charge on any atom is -0.381 e. The van der Waals surface area contributed by atoms with Gasteiger partial charge < -0.3 is 10.1 Å². The Balaban J connectivity index is 2.09. The molecule has 0 amide bonds. The number of nitro groups is 1. The van der Waals surface area contributed by atoms with Gasteiger partial charge in [0.05, 0.1) is 9.95 Å². The Bertz CT molecular complexity index is 478. The molecule has 1 aliphatic heterocycles. The number of benzene rings is 1. The predicted molar refractivity (Wildman–Crippen MR) is 70.1 cm³/mol. The summed E-state index contributed by atoms with van der Waals surface area (Å²) >= 11 is 5.55. The van der Waals surface area contributed by atoms with E-state index in [1.165, 1.54) is 0 Å². The largest absolute Gasteiger partial charge is 0.381 e. The van der Waals surface area contributed by atoms with E-state index in [0.29, 0.717) is 25.7 Å². The van der Waals surface area contributed by atoms with Gasteiger partial charge in [-0.25, -0.2) is 4.39 Å². The van der Waals surface area contributed by atoms with Crippen molar-refractivity contribution < 1.29 is 14.1 Å². The minimum atomic E-state index is -0.665. The smallest absolute Gasteiger partial charge is 0.294 e. The van der Waals surface area contributed by atoms with Crippen LogP contribution in [0.2, 0.25) is 5.02 Å². The normalized spacial score (nSPS) is 16.3. The van der Waals surface area contributed by atoms with Crippen molar-refractivity contribution in [3.8, 4) is 0 Å². The van der Waals surface area contributed by atoms with Crippen molar-refractivity contribution in [2.45, 2.75) is 12.8 Å². The highest BCUT2D eigenvalue weighted by Crippen LogP contribution is 2.30. The van der Waals surface area contributed by atoms with Gasteiger partial charge in [0, 0.05) is 31.9 Å². The fourth-order valence-electron chi connectivity index (χ4n) is 2.03. The number of nitrogens with zero attached hydrogens (tertiary/aromatic N) is 1. The summed E-state index contributed by atoms with van der Waals surface area (Å²) < 4.78 is 18.6. The lowest BCUT2D eigenvalue weighted by molar-refractivity contribution is -0.384. The molecular formula is C12H14ClFN2O3. The lowest BCUT2D eigenvalue weighted by Crippen LogP contribution is -2.22. The second-order valence-electron chi connectivity index (χ2n) is 4.48. The number of rotatable bonds is 4. The van der Waals surface area contributed by atoms with E-state index in [2.05, 4.69) is 5.32 Å². The number of nitro benzene ring substituents is 1. The monoisotopic (exact) mass is 288 g/mol. The summed E-state index contributed by atoms with van der Waals surface area (Å²) in [4.78, 5) is 10.3. The van der Waals surface area contributed by atoms with Gasteiger partial charge in [0.15, 0.2) is 0 Å². The molecule has 1 aromatic rings. The van der Waals surface area contributed by atoms with Gasteiger partial charge in [0.1, 0.15) is 11.5 Å². The third-order valence-corrected chi connectivity index (χ3v) is 3.45. The molecular weight excluding hydrogens is 275 g/mol. The number of hydrogen-bond donors (Lipinski definition) is 1. The summed E-state index contributed by atoms with van der Waals surface area (Å²) in [7, 11) is 0. The highest BCUT2D eigenvalue weighted by atomic mass is 35.5. The van der Waals surface area contributed by atoms with E-state index in [1.807, 2.05) is 0 Å². The summed E-state index contributed by atoms with van der Waals surface area (Å²) in [5.41, 5.74) is -0.0446. The molecule has 104 valence electrons. The van der Waals surface area contributed by atoms with Crippen molar-refractivity contribution in [1.29, 1.82) is 0 Å². The van der Waals surface area contributed by atoms with Crippen LogP contribution >= 0.6 is 11.6 Å². The van der Waals surface area contributed by atoms with Gasteiger partial charge in [0.25, 0.3) is 5.69 Å². The molecule has 0 atom stereocenters. The van der Waals surface area contributed by atoms with Crippen LogP contribution in [0.1, 0.15) is 12.8 Å². The number of halogens is 2. The summed E-state index contributed by atoms with van der Waals surface area (Å²) in [5.74, 6) is -0.283. The molecule has 1 aromatic carbocycles. The maximum Gasteiger partial charge on any atom is 0.294 e. The Morgan fingerprint density at radius 1 is 1.47 bits per heavy atom. The number of nitrogens with one attached hydrogen (secondary N) is 1. The molecule has 19 heavy (non-hydrogen) atoms. The summed E-state index contributed by atoms with van der Waals surface area (Å²) in [6, 6.07) is 2.10. The number of anilines is 1. The SMILES string of the molecule is O=[N+]([O-])c1cc(Cl)c(F)cc1NCC1CCOCC1. The van der Waals surface area contributed by atoms with E-state index < -0.39 is 10.7 Å². The lowest BCUT2D eigenvalue weighted by Gasteiger charge is -2.22. The van der Waals surface area contributed by atoms with Crippen LogP contribution in [0.3, 0.4) is 0 Å². The van der Waals surface area contributed by atoms with Gasteiger partial charge in [-0.05, 0) is 18.8 Å². The van der Waals surface area contributed by atoms with Crippen LogP contribution in [0.25, 0.3) is 0 Å². The molecule has 5 nitrogen and oxygen atoms in total. The Hall–Kier alpha value is -1.40. The quantitative estimate of drug-likeness (QED) is 0.682. The molecule has 0 aromatic heterocycles. The molecule has 1 heterocycles. The third-order valence-electron chi connectivity index (χ3n) is 3.16. The fraction of sp³-hybridized carbons (Fsp3) is 0.500. The molecule has 1 N–H and O–H groups in total. The molecule has 1 saturated heterocycles. The molecule has 7 heteroatoms. The average molecular weight is 289 g/mol. The van der Waals surface area contributed by atoms with Gasteiger partial charge >= 0.3 is 0 Å². The first-order valence-corrected chi connectivity index (χ1v) is 6.41. The fourth-order valence-corrected chi connectivity index (χ4v) is 2.19. The van der Waals surface area contributed by atoms with Crippen LogP contribution in [0, 0.1) is 21.8 Å². The molecule has 0 radical (unpaired) electrons. The van der Waals surface area contributed by atoms with Crippen LogP contribution < -0.4 is 5.32 Å². The molecule has 0 saturated carbocycles. The van der Waals surface area contributed by atoms with Crippen molar-refractivity contribution in [3.05, 3.63) is 33.1 Å². The minimum absolute atomic E-state index is 0.165. The molecule has 0 unspecified atom stereocenters. The van der Waals surface area contributed by atoms with Crippen molar-refractivity contribution >= 4 is 23.0 Å². The zero-order valence-electron chi connectivity index (χ0n) is 10.2. The van der Waals surface area contributed by atoms with Crippen LogP contribution in [-0.4, -0.2) is 24.7 Å². The predicted octanol–water partition coefficient (Wildman–Crippen LogP) is 3.23. The van der Waals surface area contributed by atoms with E-state index >= 15 is 0 Å². The Kier molecular flexibility index (Phi) is 4.55.